The molecule has 0 spiro atoms. The molecule has 2 saturated heterocycles. The lowest BCUT2D eigenvalue weighted by Gasteiger charge is -2.41. The molecule has 30 heavy (non-hydrogen) atoms. The van der Waals surface area contributed by atoms with Crippen molar-refractivity contribution in [2.45, 2.75) is 42.7 Å². The third-order valence-electron chi connectivity index (χ3n) is 5.78. The van der Waals surface area contributed by atoms with Crippen molar-refractivity contribution in [3.8, 4) is 5.75 Å². The molecule has 2 heterocycles. The van der Waals surface area contributed by atoms with E-state index < -0.39 is 38.9 Å². The zero-order valence-corrected chi connectivity index (χ0v) is 17.1. The van der Waals surface area contributed by atoms with Gasteiger partial charge in [0.15, 0.2) is 5.78 Å². The van der Waals surface area contributed by atoms with Gasteiger partial charge >= 0.3 is 6.18 Å². The number of rotatable bonds is 6. The molecule has 1 aromatic rings. The van der Waals surface area contributed by atoms with E-state index in [9.17, 15) is 31.5 Å². The number of benzene rings is 1. The van der Waals surface area contributed by atoms with Crippen molar-refractivity contribution in [2.75, 3.05) is 32.8 Å². The zero-order chi connectivity index (χ0) is 22.0. The van der Waals surface area contributed by atoms with E-state index in [0.717, 1.165) is 12.1 Å². The number of hydrogen-bond donors (Lipinski definition) is 2. The summed E-state index contributed by atoms with van der Waals surface area (Å²) < 4.78 is 69.9. The summed E-state index contributed by atoms with van der Waals surface area (Å²) in [6.45, 7) is 0.201. The number of halogens is 3. The topological polar surface area (TPSA) is 95.9 Å². The van der Waals surface area contributed by atoms with E-state index in [1.54, 1.807) is 0 Å². The second-order valence-electron chi connectivity index (χ2n) is 7.57. The first-order valence-electron chi connectivity index (χ1n) is 9.79. The Hall–Kier alpha value is -1.69. The van der Waals surface area contributed by atoms with Crippen LogP contribution in [-0.4, -0.2) is 67.2 Å². The number of aliphatic hydroxyl groups excluding tert-OH is 1. The molecule has 0 unspecified atom stereocenters. The van der Waals surface area contributed by atoms with Crippen LogP contribution in [0.25, 0.3) is 0 Å². The second-order valence-corrected chi connectivity index (χ2v) is 9.82. The summed E-state index contributed by atoms with van der Waals surface area (Å²) >= 11 is 0. The molecule has 0 aliphatic carbocycles. The van der Waals surface area contributed by atoms with Gasteiger partial charge in [-0.3, -0.25) is 4.79 Å². The normalized spacial score (nSPS) is 21.3. The lowest BCUT2D eigenvalue weighted by atomic mass is 9.92. The number of aliphatic hydroxyl groups is 1. The predicted molar refractivity (Wildman–Crippen MR) is 103 cm³/mol. The third kappa shape index (κ3) is 4.48. The largest absolute Gasteiger partial charge is 0.490 e. The van der Waals surface area contributed by atoms with Gasteiger partial charge in [0, 0.05) is 13.1 Å². The minimum absolute atomic E-state index is 0.108. The molecule has 2 aliphatic heterocycles. The number of Topliss-reactive ketones (excluding diaryl/α,β-unsaturated/α-hetero) is 1. The number of carbonyl (C=O) groups is 1. The highest BCUT2D eigenvalue weighted by molar-refractivity contribution is 7.91. The predicted octanol–water partition coefficient (Wildman–Crippen LogP) is 1.56. The maximum absolute atomic E-state index is 13.3. The first-order chi connectivity index (χ1) is 14.1. The van der Waals surface area contributed by atoms with Gasteiger partial charge in [0.1, 0.15) is 23.2 Å². The SMILES string of the molecule is O=C(CO)C1(S(=O)(=O)N2CCC(Oc3ccc(C(F)(F)F)cc3)CC2)CCNCC1. The Labute approximate surface area is 173 Å². The van der Waals surface area contributed by atoms with E-state index in [0.29, 0.717) is 25.9 Å². The smallest absolute Gasteiger partial charge is 0.416 e. The number of nitrogens with zero attached hydrogens (tertiary/aromatic N) is 1. The maximum Gasteiger partial charge on any atom is 0.416 e. The standard InChI is InChI=1S/C19H25F3N2O5S/c20-19(21,22)14-1-3-15(4-2-14)29-16-5-11-24(12-6-16)30(27,28)18(17(26)13-25)7-9-23-10-8-18/h1-4,16,23,25H,5-13H2. The van der Waals surface area contributed by atoms with E-state index in [4.69, 9.17) is 4.74 Å². The van der Waals surface area contributed by atoms with Gasteiger partial charge < -0.3 is 15.2 Å². The molecule has 7 nitrogen and oxygen atoms in total. The maximum atomic E-state index is 13.3. The fourth-order valence-electron chi connectivity index (χ4n) is 4.01. The van der Waals surface area contributed by atoms with Gasteiger partial charge in [-0.15, -0.1) is 0 Å². The second kappa shape index (κ2) is 8.81. The van der Waals surface area contributed by atoms with Crippen molar-refractivity contribution >= 4 is 15.8 Å². The minimum atomic E-state index is -4.42. The molecular formula is C19H25F3N2O5S. The van der Waals surface area contributed by atoms with Crippen LogP contribution in [0.3, 0.4) is 0 Å². The number of hydrogen-bond acceptors (Lipinski definition) is 6. The highest BCUT2D eigenvalue weighted by Gasteiger charge is 2.53. The highest BCUT2D eigenvalue weighted by Crippen LogP contribution is 2.35. The summed E-state index contributed by atoms with van der Waals surface area (Å²) in [7, 11) is -3.97. The Kier molecular flexibility index (Phi) is 6.75. The van der Waals surface area contributed by atoms with Crippen LogP contribution in [0.1, 0.15) is 31.2 Å². The van der Waals surface area contributed by atoms with Gasteiger partial charge in [-0.2, -0.15) is 13.2 Å². The molecular weight excluding hydrogens is 425 g/mol. The molecule has 168 valence electrons. The van der Waals surface area contributed by atoms with Crippen molar-refractivity contribution < 1.29 is 36.2 Å². The Morgan fingerprint density at radius 3 is 2.23 bits per heavy atom. The summed E-state index contributed by atoms with van der Waals surface area (Å²) in [4.78, 5) is 12.4. The fourth-order valence-corrected chi connectivity index (χ4v) is 6.27. The molecule has 0 radical (unpaired) electrons. The van der Waals surface area contributed by atoms with Gasteiger partial charge in [-0.05, 0) is 63.0 Å². The van der Waals surface area contributed by atoms with Crippen molar-refractivity contribution in [3.05, 3.63) is 29.8 Å². The highest BCUT2D eigenvalue weighted by atomic mass is 32.2. The molecule has 11 heteroatoms. The Bertz CT molecular complexity index is 844. The molecule has 2 aliphatic rings. The quantitative estimate of drug-likeness (QED) is 0.683. The van der Waals surface area contributed by atoms with Crippen molar-refractivity contribution in [3.63, 3.8) is 0 Å². The molecule has 0 amide bonds. The van der Waals surface area contributed by atoms with E-state index in [-0.39, 0.29) is 37.8 Å². The molecule has 0 aromatic heterocycles. The van der Waals surface area contributed by atoms with Crippen LogP contribution in [-0.2, 0) is 21.0 Å². The molecule has 0 saturated carbocycles. The average molecular weight is 450 g/mol. The van der Waals surface area contributed by atoms with E-state index in [1.165, 1.54) is 16.4 Å². The minimum Gasteiger partial charge on any atom is -0.490 e. The van der Waals surface area contributed by atoms with Crippen molar-refractivity contribution in [2.24, 2.45) is 0 Å². The zero-order valence-electron chi connectivity index (χ0n) is 16.3. The third-order valence-corrected chi connectivity index (χ3v) is 8.45. The first-order valence-corrected chi connectivity index (χ1v) is 11.2. The van der Waals surface area contributed by atoms with Crippen LogP contribution in [0.5, 0.6) is 5.75 Å². The van der Waals surface area contributed by atoms with Crippen molar-refractivity contribution in [1.82, 2.24) is 9.62 Å². The Morgan fingerprint density at radius 1 is 1.17 bits per heavy atom. The summed E-state index contributed by atoms with van der Waals surface area (Å²) in [6.07, 6.45) is -3.85. The van der Waals surface area contributed by atoms with E-state index in [1.807, 2.05) is 0 Å². The Balaban J connectivity index is 1.65. The number of ether oxygens (including phenoxy) is 1. The monoisotopic (exact) mass is 450 g/mol. The van der Waals surface area contributed by atoms with E-state index in [2.05, 4.69) is 5.32 Å². The summed E-state index contributed by atoms with van der Waals surface area (Å²) in [5, 5.41) is 12.4. The van der Waals surface area contributed by atoms with Crippen LogP contribution in [0.15, 0.2) is 24.3 Å². The number of nitrogens with one attached hydrogen (secondary N) is 1. The van der Waals surface area contributed by atoms with Gasteiger partial charge in [0.05, 0.1) is 5.56 Å². The average Bonchev–Trinajstić information content (AvgIpc) is 2.73. The van der Waals surface area contributed by atoms with Gasteiger partial charge in [0.2, 0.25) is 10.0 Å². The molecule has 2 N–H and O–H groups in total. The van der Waals surface area contributed by atoms with Gasteiger partial charge in [-0.1, -0.05) is 0 Å². The molecule has 1 aromatic carbocycles. The number of piperidine rings is 2. The molecule has 2 fully saturated rings. The first kappa shape index (κ1) is 23.0. The summed E-state index contributed by atoms with van der Waals surface area (Å²) in [6, 6.07) is 4.37. The van der Waals surface area contributed by atoms with Gasteiger partial charge in [-0.25, -0.2) is 12.7 Å². The van der Waals surface area contributed by atoms with Gasteiger partial charge in [0.25, 0.3) is 0 Å². The number of alkyl halides is 3. The fraction of sp³-hybridized carbons (Fsp3) is 0.632. The Morgan fingerprint density at radius 2 is 1.73 bits per heavy atom. The molecule has 3 rings (SSSR count). The lowest BCUT2D eigenvalue weighted by molar-refractivity contribution is -0.137. The van der Waals surface area contributed by atoms with Crippen LogP contribution < -0.4 is 10.1 Å². The van der Waals surface area contributed by atoms with E-state index >= 15 is 0 Å². The molecule has 0 bridgehead atoms. The summed E-state index contributed by atoms with van der Waals surface area (Å²) in [5.41, 5.74) is -0.767. The van der Waals surface area contributed by atoms with Crippen molar-refractivity contribution in [1.29, 1.82) is 0 Å². The van der Waals surface area contributed by atoms with Crippen LogP contribution in [0.2, 0.25) is 0 Å². The van der Waals surface area contributed by atoms with Crippen LogP contribution in [0.4, 0.5) is 13.2 Å². The number of ketones is 1. The molecule has 0 atom stereocenters. The van der Waals surface area contributed by atoms with Crippen LogP contribution in [0, 0.1) is 0 Å². The summed E-state index contributed by atoms with van der Waals surface area (Å²) in [5.74, 6) is -0.401. The van der Waals surface area contributed by atoms with Crippen LogP contribution >= 0.6 is 0 Å². The number of sulfonamides is 1. The number of carbonyl (C=O) groups excluding carboxylic acids is 1. The lowest BCUT2D eigenvalue weighted by Crippen LogP contribution is -2.60.